The maximum atomic E-state index is 14.3. The van der Waals surface area contributed by atoms with Crippen molar-refractivity contribution in [1.82, 2.24) is 4.90 Å². The normalized spacial score (nSPS) is 16.3. The van der Waals surface area contributed by atoms with Crippen LogP contribution in [0, 0.1) is 5.82 Å². The van der Waals surface area contributed by atoms with Crippen molar-refractivity contribution in [3.8, 4) is 0 Å². The van der Waals surface area contributed by atoms with Crippen LogP contribution in [0.1, 0.15) is 18.6 Å². The number of carbonyl (C=O) groups is 1. The molecule has 0 aliphatic carbocycles. The molecule has 138 valence electrons. The van der Waals surface area contributed by atoms with E-state index in [1.807, 2.05) is 35.2 Å². The Labute approximate surface area is 153 Å². The monoisotopic (exact) mass is 357 g/mol. The van der Waals surface area contributed by atoms with Crippen molar-refractivity contribution >= 4 is 17.3 Å². The second kappa shape index (κ2) is 8.29. The minimum atomic E-state index is -0.682. The van der Waals surface area contributed by atoms with Crippen LogP contribution in [0.3, 0.4) is 0 Å². The summed E-state index contributed by atoms with van der Waals surface area (Å²) in [4.78, 5) is 16.2. The van der Waals surface area contributed by atoms with Crippen LogP contribution in [0.2, 0.25) is 0 Å². The largest absolute Gasteiger partial charge is 0.389 e. The molecular weight excluding hydrogens is 333 g/mol. The van der Waals surface area contributed by atoms with E-state index in [4.69, 9.17) is 0 Å². The van der Waals surface area contributed by atoms with E-state index in [1.165, 1.54) is 6.07 Å². The molecule has 1 aliphatic heterocycles. The molecule has 0 radical (unpaired) electrons. The van der Waals surface area contributed by atoms with Crippen LogP contribution in [0.15, 0.2) is 48.5 Å². The Morgan fingerprint density at radius 1 is 1.15 bits per heavy atom. The maximum absolute atomic E-state index is 14.3. The molecule has 3 rings (SSSR count). The highest BCUT2D eigenvalue weighted by molar-refractivity contribution is 5.92. The van der Waals surface area contributed by atoms with Crippen LogP contribution in [-0.2, 0) is 4.79 Å². The minimum absolute atomic E-state index is 0.0443. The molecule has 26 heavy (non-hydrogen) atoms. The number of nitrogens with zero attached hydrogens (tertiary/aromatic N) is 2. The van der Waals surface area contributed by atoms with Crippen LogP contribution in [0.5, 0.6) is 0 Å². The lowest BCUT2D eigenvalue weighted by molar-refractivity contribution is -0.117. The van der Waals surface area contributed by atoms with Gasteiger partial charge in [-0.3, -0.25) is 9.69 Å². The molecule has 2 N–H and O–H groups in total. The van der Waals surface area contributed by atoms with E-state index in [9.17, 15) is 14.3 Å². The van der Waals surface area contributed by atoms with Crippen molar-refractivity contribution in [2.75, 3.05) is 42.9 Å². The predicted molar refractivity (Wildman–Crippen MR) is 101 cm³/mol. The molecular formula is C20H24FN3O2. The van der Waals surface area contributed by atoms with Gasteiger partial charge in [-0.05, 0) is 36.8 Å². The van der Waals surface area contributed by atoms with E-state index in [1.54, 1.807) is 19.1 Å². The van der Waals surface area contributed by atoms with Gasteiger partial charge in [-0.15, -0.1) is 0 Å². The van der Waals surface area contributed by atoms with E-state index in [2.05, 4.69) is 10.2 Å². The standard InChI is InChI=1S/C20H24FN3O2/c1-15(25)16-7-8-19(18(21)13-16)24-11-9-23(10-12-24)14-20(26)22-17-5-3-2-4-6-17/h2-8,13,15,25H,9-12,14H2,1H3,(H,22,26)/t15-/m1/s1. The molecule has 1 saturated heterocycles. The van der Waals surface area contributed by atoms with Gasteiger partial charge < -0.3 is 15.3 Å². The van der Waals surface area contributed by atoms with Crippen LogP contribution in [0.4, 0.5) is 15.8 Å². The summed E-state index contributed by atoms with van der Waals surface area (Å²) in [7, 11) is 0. The Hall–Kier alpha value is -2.44. The van der Waals surface area contributed by atoms with Crippen LogP contribution in [0.25, 0.3) is 0 Å². The molecule has 2 aromatic rings. The van der Waals surface area contributed by atoms with Gasteiger partial charge in [-0.25, -0.2) is 4.39 Å². The summed E-state index contributed by atoms with van der Waals surface area (Å²) in [5, 5.41) is 12.4. The van der Waals surface area contributed by atoms with Crippen molar-refractivity contribution < 1.29 is 14.3 Å². The van der Waals surface area contributed by atoms with Crippen LogP contribution >= 0.6 is 0 Å². The Kier molecular flexibility index (Phi) is 5.85. The fourth-order valence-electron chi connectivity index (χ4n) is 3.11. The highest BCUT2D eigenvalue weighted by Crippen LogP contribution is 2.24. The topological polar surface area (TPSA) is 55.8 Å². The first-order chi connectivity index (χ1) is 12.5. The van der Waals surface area contributed by atoms with Gasteiger partial charge in [-0.1, -0.05) is 24.3 Å². The molecule has 1 fully saturated rings. The highest BCUT2D eigenvalue weighted by Gasteiger charge is 2.21. The number of aliphatic hydroxyl groups is 1. The van der Waals surface area contributed by atoms with Gasteiger partial charge in [0.05, 0.1) is 18.3 Å². The first-order valence-electron chi connectivity index (χ1n) is 8.82. The third-order valence-electron chi connectivity index (χ3n) is 4.59. The first kappa shape index (κ1) is 18.4. The summed E-state index contributed by atoms with van der Waals surface area (Å²) >= 11 is 0. The van der Waals surface area contributed by atoms with Crippen LogP contribution in [-0.4, -0.2) is 48.6 Å². The summed E-state index contributed by atoms with van der Waals surface area (Å²) in [5.74, 6) is -0.365. The summed E-state index contributed by atoms with van der Waals surface area (Å²) in [6.45, 7) is 4.65. The number of anilines is 2. The third-order valence-corrected chi connectivity index (χ3v) is 4.59. The zero-order valence-electron chi connectivity index (χ0n) is 14.9. The number of piperazine rings is 1. The maximum Gasteiger partial charge on any atom is 0.238 e. The zero-order valence-corrected chi connectivity index (χ0v) is 14.9. The minimum Gasteiger partial charge on any atom is -0.389 e. The molecule has 2 aromatic carbocycles. The van der Waals surface area contributed by atoms with E-state index in [-0.39, 0.29) is 11.7 Å². The molecule has 5 nitrogen and oxygen atoms in total. The summed E-state index contributed by atoms with van der Waals surface area (Å²) in [6.07, 6.45) is -0.682. The van der Waals surface area contributed by atoms with Crippen molar-refractivity contribution in [1.29, 1.82) is 0 Å². The molecule has 1 heterocycles. The van der Waals surface area contributed by atoms with Gasteiger partial charge in [0.25, 0.3) is 0 Å². The lowest BCUT2D eigenvalue weighted by Gasteiger charge is -2.36. The van der Waals surface area contributed by atoms with E-state index >= 15 is 0 Å². The lowest BCUT2D eigenvalue weighted by Crippen LogP contribution is -2.48. The summed E-state index contributed by atoms with van der Waals surface area (Å²) in [5.41, 5.74) is 1.90. The lowest BCUT2D eigenvalue weighted by atomic mass is 10.1. The number of benzene rings is 2. The third kappa shape index (κ3) is 4.59. The molecule has 0 spiro atoms. The van der Waals surface area contributed by atoms with Crippen molar-refractivity contribution in [3.05, 3.63) is 59.9 Å². The first-order valence-corrected chi connectivity index (χ1v) is 8.82. The fourth-order valence-corrected chi connectivity index (χ4v) is 3.11. The second-order valence-corrected chi connectivity index (χ2v) is 6.56. The van der Waals surface area contributed by atoms with Gasteiger partial charge in [-0.2, -0.15) is 0 Å². The highest BCUT2D eigenvalue weighted by atomic mass is 19.1. The molecule has 0 bridgehead atoms. The number of aliphatic hydroxyl groups excluding tert-OH is 1. The van der Waals surface area contributed by atoms with E-state index in [0.29, 0.717) is 44.0 Å². The molecule has 1 amide bonds. The van der Waals surface area contributed by atoms with Crippen molar-refractivity contribution in [2.24, 2.45) is 0 Å². The number of carbonyl (C=O) groups excluding carboxylic acids is 1. The number of para-hydroxylation sites is 1. The van der Waals surface area contributed by atoms with Gasteiger partial charge >= 0.3 is 0 Å². The SMILES string of the molecule is C[C@@H](O)c1ccc(N2CCN(CC(=O)Nc3ccccc3)CC2)c(F)c1. The molecule has 1 aliphatic rings. The average molecular weight is 357 g/mol. The van der Waals surface area contributed by atoms with Crippen molar-refractivity contribution in [3.63, 3.8) is 0 Å². The number of hydrogen-bond donors (Lipinski definition) is 2. The average Bonchev–Trinajstić information content (AvgIpc) is 2.63. The Bertz CT molecular complexity index is 744. The molecule has 0 unspecified atom stereocenters. The molecule has 6 heteroatoms. The number of rotatable bonds is 5. The van der Waals surface area contributed by atoms with Gasteiger partial charge in [0.2, 0.25) is 5.91 Å². The molecule has 1 atom stereocenters. The summed E-state index contributed by atoms with van der Waals surface area (Å²) < 4.78 is 14.3. The summed E-state index contributed by atoms with van der Waals surface area (Å²) in [6, 6.07) is 14.2. The van der Waals surface area contributed by atoms with E-state index in [0.717, 1.165) is 5.69 Å². The van der Waals surface area contributed by atoms with Gasteiger partial charge in [0.1, 0.15) is 5.82 Å². The number of amides is 1. The van der Waals surface area contributed by atoms with Gasteiger partial charge in [0.15, 0.2) is 0 Å². The molecule has 0 aromatic heterocycles. The Morgan fingerprint density at radius 2 is 1.85 bits per heavy atom. The van der Waals surface area contributed by atoms with E-state index < -0.39 is 6.10 Å². The Morgan fingerprint density at radius 3 is 2.46 bits per heavy atom. The van der Waals surface area contributed by atoms with Crippen molar-refractivity contribution in [2.45, 2.75) is 13.0 Å². The second-order valence-electron chi connectivity index (χ2n) is 6.56. The number of halogens is 1. The van der Waals surface area contributed by atoms with Crippen LogP contribution < -0.4 is 10.2 Å². The number of hydrogen-bond acceptors (Lipinski definition) is 4. The zero-order chi connectivity index (χ0) is 18.5. The Balaban J connectivity index is 1.52. The quantitative estimate of drug-likeness (QED) is 0.864. The number of nitrogens with one attached hydrogen (secondary N) is 1. The predicted octanol–water partition coefficient (Wildman–Crippen LogP) is 2.64. The van der Waals surface area contributed by atoms with Gasteiger partial charge in [0, 0.05) is 31.9 Å². The molecule has 0 saturated carbocycles. The fraction of sp³-hybridized carbons (Fsp3) is 0.350. The smallest absolute Gasteiger partial charge is 0.238 e.